The highest BCUT2D eigenvalue weighted by Gasteiger charge is 2.32. The highest BCUT2D eigenvalue weighted by atomic mass is 32.1. The number of nitrogens with two attached hydrogens (primary N) is 1. The number of likely N-dealkylation sites (tertiary alicyclic amines) is 1. The van der Waals surface area contributed by atoms with E-state index in [4.69, 9.17) is 5.73 Å². The van der Waals surface area contributed by atoms with Crippen LogP contribution in [0.3, 0.4) is 0 Å². The lowest BCUT2D eigenvalue weighted by Gasteiger charge is -2.27. The molecule has 1 aromatic heterocycles. The average Bonchev–Trinajstić information content (AvgIpc) is 2.94. The second-order valence-corrected chi connectivity index (χ2v) is 5.61. The summed E-state index contributed by atoms with van der Waals surface area (Å²) in [5.41, 5.74) is 5.29. The van der Waals surface area contributed by atoms with Crippen LogP contribution in [0.1, 0.15) is 27.4 Å². The summed E-state index contributed by atoms with van der Waals surface area (Å²) in [7, 11) is 1.43. The number of hydrogen-bond donors (Lipinski definition) is 2. The summed E-state index contributed by atoms with van der Waals surface area (Å²) < 4.78 is 0. The van der Waals surface area contributed by atoms with Gasteiger partial charge in [-0.1, -0.05) is 11.8 Å². The maximum Gasteiger partial charge on any atom is 0.262 e. The number of hydrogen-bond acceptors (Lipinski definition) is 5. The molecule has 0 aromatic carbocycles. The summed E-state index contributed by atoms with van der Waals surface area (Å²) in [6.07, 6.45) is 0.587. The van der Waals surface area contributed by atoms with E-state index in [9.17, 15) is 14.4 Å². The van der Waals surface area contributed by atoms with E-state index in [2.05, 4.69) is 17.2 Å². The smallest absolute Gasteiger partial charge is 0.262 e. The molecule has 1 saturated heterocycles. The van der Waals surface area contributed by atoms with Crippen LogP contribution in [0.5, 0.6) is 0 Å². The van der Waals surface area contributed by atoms with Gasteiger partial charge < -0.3 is 11.1 Å². The minimum atomic E-state index is -0.652. The van der Waals surface area contributed by atoms with Crippen molar-refractivity contribution in [2.24, 2.45) is 5.73 Å². The molecule has 3 amide bonds. The Bertz CT molecular complexity index is 641. The average molecular weight is 305 g/mol. The van der Waals surface area contributed by atoms with Gasteiger partial charge in [0.2, 0.25) is 5.91 Å². The lowest BCUT2D eigenvalue weighted by molar-refractivity contribution is -0.147. The first-order valence-corrected chi connectivity index (χ1v) is 7.24. The molecule has 6 nitrogen and oxygen atoms in total. The van der Waals surface area contributed by atoms with Crippen molar-refractivity contribution in [1.82, 2.24) is 10.2 Å². The van der Waals surface area contributed by atoms with Gasteiger partial charge in [0.05, 0.1) is 16.3 Å². The zero-order valence-electron chi connectivity index (χ0n) is 11.5. The van der Waals surface area contributed by atoms with Crippen LogP contribution in [0.4, 0.5) is 0 Å². The van der Waals surface area contributed by atoms with Crippen molar-refractivity contribution in [3.05, 3.63) is 21.9 Å². The first-order chi connectivity index (χ1) is 10.0. The Kier molecular flexibility index (Phi) is 4.73. The normalized spacial score (nSPS) is 18.2. The number of nitrogens with one attached hydrogen (secondary N) is 1. The number of imide groups is 1. The third kappa shape index (κ3) is 3.48. The van der Waals surface area contributed by atoms with Gasteiger partial charge in [0.15, 0.2) is 0 Å². The standard InChI is InChI=1S/C14H15N3O3S/c1-17-12(18)7-5-10(14(17)20)16-13(19)11-6-4-9(21-11)3-2-8-15/h4,6,10H,5,7-8,15H2,1H3,(H,16,19). The third-order valence-corrected chi connectivity index (χ3v) is 4.10. The van der Waals surface area contributed by atoms with E-state index in [1.165, 1.54) is 18.4 Å². The summed E-state index contributed by atoms with van der Waals surface area (Å²) in [6.45, 7) is 0.260. The molecule has 1 aromatic rings. The first-order valence-electron chi connectivity index (χ1n) is 6.43. The molecule has 2 rings (SSSR count). The molecule has 7 heteroatoms. The second kappa shape index (κ2) is 6.52. The van der Waals surface area contributed by atoms with E-state index in [0.717, 1.165) is 9.78 Å². The molecule has 21 heavy (non-hydrogen) atoms. The number of amides is 3. The number of thiophene rings is 1. The third-order valence-electron chi connectivity index (χ3n) is 3.10. The Morgan fingerprint density at radius 1 is 1.52 bits per heavy atom. The lowest BCUT2D eigenvalue weighted by Crippen LogP contribution is -2.52. The molecule has 0 saturated carbocycles. The van der Waals surface area contributed by atoms with Crippen molar-refractivity contribution in [2.75, 3.05) is 13.6 Å². The molecule has 1 aliphatic heterocycles. The molecule has 1 atom stereocenters. The van der Waals surface area contributed by atoms with Crippen LogP contribution in [-0.4, -0.2) is 42.3 Å². The number of piperidine rings is 1. The Hall–Kier alpha value is -2.17. The molecule has 0 bridgehead atoms. The molecular formula is C14H15N3O3S. The fraction of sp³-hybridized carbons (Fsp3) is 0.357. The molecule has 3 N–H and O–H groups in total. The Morgan fingerprint density at radius 3 is 3.00 bits per heavy atom. The lowest BCUT2D eigenvalue weighted by atomic mass is 10.0. The van der Waals surface area contributed by atoms with Gasteiger partial charge in [0.1, 0.15) is 6.04 Å². The molecule has 1 unspecified atom stereocenters. The molecule has 110 valence electrons. The van der Waals surface area contributed by atoms with Crippen LogP contribution in [0, 0.1) is 11.8 Å². The molecular weight excluding hydrogens is 290 g/mol. The Morgan fingerprint density at radius 2 is 2.29 bits per heavy atom. The van der Waals surface area contributed by atoms with Gasteiger partial charge >= 0.3 is 0 Å². The number of nitrogens with zero attached hydrogens (tertiary/aromatic N) is 1. The predicted molar refractivity (Wildman–Crippen MR) is 78.5 cm³/mol. The van der Waals surface area contributed by atoms with Crippen molar-refractivity contribution >= 4 is 29.1 Å². The van der Waals surface area contributed by atoms with Gasteiger partial charge in [-0.15, -0.1) is 11.3 Å². The van der Waals surface area contributed by atoms with Crippen LogP contribution < -0.4 is 11.1 Å². The summed E-state index contributed by atoms with van der Waals surface area (Å²) in [4.78, 5) is 37.7. The van der Waals surface area contributed by atoms with Crippen LogP contribution >= 0.6 is 11.3 Å². The Labute approximate surface area is 126 Å². The van der Waals surface area contributed by atoms with E-state index in [0.29, 0.717) is 11.3 Å². The van der Waals surface area contributed by atoms with Crippen LogP contribution in [0.2, 0.25) is 0 Å². The molecule has 1 aliphatic rings. The van der Waals surface area contributed by atoms with Crippen LogP contribution in [0.15, 0.2) is 12.1 Å². The molecule has 0 spiro atoms. The maximum atomic E-state index is 12.1. The van der Waals surface area contributed by atoms with Crippen LogP contribution in [-0.2, 0) is 9.59 Å². The van der Waals surface area contributed by atoms with Crippen molar-refractivity contribution in [3.63, 3.8) is 0 Å². The predicted octanol–water partition coefficient (Wildman–Crippen LogP) is -0.0645. The number of rotatable bonds is 2. The van der Waals surface area contributed by atoms with Gasteiger partial charge in [-0.25, -0.2) is 0 Å². The maximum absolute atomic E-state index is 12.1. The summed E-state index contributed by atoms with van der Waals surface area (Å²) >= 11 is 1.24. The van der Waals surface area contributed by atoms with Crippen molar-refractivity contribution < 1.29 is 14.4 Å². The molecule has 2 heterocycles. The highest BCUT2D eigenvalue weighted by Crippen LogP contribution is 2.17. The Balaban J connectivity index is 2.03. The fourth-order valence-corrected chi connectivity index (χ4v) is 2.73. The highest BCUT2D eigenvalue weighted by molar-refractivity contribution is 7.14. The monoisotopic (exact) mass is 305 g/mol. The topological polar surface area (TPSA) is 92.5 Å². The first kappa shape index (κ1) is 15.2. The van der Waals surface area contributed by atoms with E-state index in [1.807, 2.05) is 0 Å². The van der Waals surface area contributed by atoms with Crippen molar-refractivity contribution in [3.8, 4) is 11.8 Å². The summed E-state index contributed by atoms with van der Waals surface area (Å²) in [5.74, 6) is 4.63. The van der Waals surface area contributed by atoms with Gasteiger partial charge in [-0.3, -0.25) is 19.3 Å². The zero-order chi connectivity index (χ0) is 15.4. The SMILES string of the molecule is CN1C(=O)CCC(NC(=O)c2ccc(C#CCN)s2)C1=O. The minimum Gasteiger partial charge on any atom is -0.340 e. The number of carbonyl (C=O) groups is 3. The molecule has 0 aliphatic carbocycles. The van der Waals surface area contributed by atoms with Gasteiger partial charge in [-0.05, 0) is 18.6 Å². The van der Waals surface area contributed by atoms with Gasteiger partial charge in [-0.2, -0.15) is 0 Å². The zero-order valence-corrected chi connectivity index (χ0v) is 12.3. The van der Waals surface area contributed by atoms with E-state index < -0.39 is 6.04 Å². The number of likely N-dealkylation sites (N-methyl/N-ethyl adjacent to an activating group) is 1. The minimum absolute atomic E-state index is 0.221. The van der Waals surface area contributed by atoms with Crippen molar-refractivity contribution in [1.29, 1.82) is 0 Å². The summed E-state index contributed by atoms with van der Waals surface area (Å²) in [5, 5.41) is 2.66. The quantitative estimate of drug-likeness (QED) is 0.591. The molecule has 0 radical (unpaired) electrons. The van der Waals surface area contributed by atoms with Crippen molar-refractivity contribution in [2.45, 2.75) is 18.9 Å². The van der Waals surface area contributed by atoms with Crippen LogP contribution in [0.25, 0.3) is 0 Å². The van der Waals surface area contributed by atoms with E-state index in [-0.39, 0.29) is 30.7 Å². The van der Waals surface area contributed by atoms with E-state index in [1.54, 1.807) is 12.1 Å². The number of carbonyl (C=O) groups excluding carboxylic acids is 3. The fourth-order valence-electron chi connectivity index (χ4n) is 1.94. The largest absolute Gasteiger partial charge is 0.340 e. The second-order valence-electron chi connectivity index (χ2n) is 4.53. The van der Waals surface area contributed by atoms with Gasteiger partial charge in [0, 0.05) is 13.5 Å². The summed E-state index contributed by atoms with van der Waals surface area (Å²) in [6, 6.07) is 2.74. The van der Waals surface area contributed by atoms with Gasteiger partial charge in [0.25, 0.3) is 11.8 Å². The van der Waals surface area contributed by atoms with E-state index >= 15 is 0 Å². The molecule has 1 fully saturated rings.